The van der Waals surface area contributed by atoms with Crippen LogP contribution in [0.3, 0.4) is 0 Å². The van der Waals surface area contributed by atoms with E-state index in [1.54, 1.807) is 0 Å². The summed E-state index contributed by atoms with van der Waals surface area (Å²) in [5, 5.41) is 3.25. The maximum absolute atomic E-state index is 5.74. The number of fused-ring (bicyclic) bond motifs is 1. The first-order chi connectivity index (χ1) is 5.77. The van der Waals surface area contributed by atoms with Crippen LogP contribution in [0.1, 0.15) is 6.92 Å². The van der Waals surface area contributed by atoms with E-state index in [0.29, 0.717) is 5.69 Å². The first-order valence-electron chi connectivity index (χ1n) is 4.06. The third-order valence-corrected chi connectivity index (χ3v) is 1.94. The van der Waals surface area contributed by atoms with E-state index in [1.165, 1.54) is 0 Å². The first kappa shape index (κ1) is 7.28. The molecule has 2 rings (SSSR count). The number of hydrogen-bond donors (Lipinski definition) is 2. The minimum absolute atomic E-state index is 0.196. The maximum Gasteiger partial charge on any atom is 0.165 e. The van der Waals surface area contributed by atoms with E-state index >= 15 is 0 Å². The Morgan fingerprint density at radius 1 is 1.58 bits per heavy atom. The summed E-state index contributed by atoms with van der Waals surface area (Å²) in [5.41, 5.74) is 7.43. The van der Waals surface area contributed by atoms with Crippen molar-refractivity contribution in [2.45, 2.75) is 13.0 Å². The summed E-state index contributed by atoms with van der Waals surface area (Å²) < 4.78 is 5.58. The van der Waals surface area contributed by atoms with Crippen LogP contribution in [0.25, 0.3) is 0 Å². The van der Waals surface area contributed by atoms with Crippen LogP contribution in [0.4, 0.5) is 11.4 Å². The van der Waals surface area contributed by atoms with E-state index in [2.05, 4.69) is 5.32 Å². The monoisotopic (exact) mass is 164 g/mol. The van der Waals surface area contributed by atoms with E-state index in [-0.39, 0.29) is 6.10 Å². The van der Waals surface area contributed by atoms with Crippen LogP contribution in [-0.4, -0.2) is 12.6 Å². The van der Waals surface area contributed by atoms with Crippen molar-refractivity contribution in [3.8, 4) is 5.75 Å². The highest BCUT2D eigenvalue weighted by molar-refractivity contribution is 5.70. The summed E-state index contributed by atoms with van der Waals surface area (Å²) in [5.74, 6) is 0.788. The molecule has 0 amide bonds. The molecule has 1 aliphatic rings. The van der Waals surface area contributed by atoms with Crippen LogP contribution in [0.5, 0.6) is 5.75 Å². The Kier molecular flexibility index (Phi) is 1.57. The average Bonchev–Trinajstić information content (AvgIpc) is 2.07. The lowest BCUT2D eigenvalue weighted by Gasteiger charge is -2.25. The molecular formula is C9H12N2O. The Morgan fingerprint density at radius 3 is 3.25 bits per heavy atom. The van der Waals surface area contributed by atoms with Gasteiger partial charge in [0.15, 0.2) is 5.75 Å². The third-order valence-electron chi connectivity index (χ3n) is 1.94. The van der Waals surface area contributed by atoms with Crippen LogP contribution in [0.2, 0.25) is 0 Å². The fraction of sp³-hybridized carbons (Fsp3) is 0.333. The van der Waals surface area contributed by atoms with Gasteiger partial charge in [0, 0.05) is 0 Å². The molecule has 0 fully saturated rings. The Hall–Kier alpha value is -1.38. The zero-order chi connectivity index (χ0) is 8.55. The molecule has 12 heavy (non-hydrogen) atoms. The SMILES string of the molecule is C[C@@H]1CNc2cccc(N)c2O1. The van der Waals surface area contributed by atoms with Crippen molar-refractivity contribution in [2.75, 3.05) is 17.6 Å². The van der Waals surface area contributed by atoms with E-state index in [9.17, 15) is 0 Å². The van der Waals surface area contributed by atoms with E-state index in [1.807, 2.05) is 25.1 Å². The van der Waals surface area contributed by atoms with Gasteiger partial charge in [-0.25, -0.2) is 0 Å². The number of ether oxygens (including phenoxy) is 1. The molecule has 1 aromatic rings. The number of nitrogens with two attached hydrogens (primary N) is 1. The number of anilines is 2. The number of para-hydroxylation sites is 1. The second-order valence-electron chi connectivity index (χ2n) is 3.03. The molecule has 0 unspecified atom stereocenters. The summed E-state index contributed by atoms with van der Waals surface area (Å²) in [7, 11) is 0. The van der Waals surface area contributed by atoms with Gasteiger partial charge in [0.25, 0.3) is 0 Å². The fourth-order valence-corrected chi connectivity index (χ4v) is 1.32. The highest BCUT2D eigenvalue weighted by atomic mass is 16.5. The number of nitrogens with one attached hydrogen (secondary N) is 1. The molecule has 0 radical (unpaired) electrons. The zero-order valence-electron chi connectivity index (χ0n) is 7.00. The van der Waals surface area contributed by atoms with Gasteiger partial charge in [-0.15, -0.1) is 0 Å². The molecule has 0 aliphatic carbocycles. The fourth-order valence-electron chi connectivity index (χ4n) is 1.32. The summed E-state index contributed by atoms with van der Waals surface area (Å²) in [6.45, 7) is 2.86. The number of benzene rings is 1. The van der Waals surface area contributed by atoms with Crippen molar-refractivity contribution in [2.24, 2.45) is 0 Å². The summed E-state index contributed by atoms with van der Waals surface area (Å²) in [6.07, 6.45) is 0.196. The van der Waals surface area contributed by atoms with Gasteiger partial charge >= 0.3 is 0 Å². The molecule has 0 aromatic heterocycles. The second-order valence-corrected chi connectivity index (χ2v) is 3.03. The summed E-state index contributed by atoms with van der Waals surface area (Å²) in [6, 6.07) is 5.73. The van der Waals surface area contributed by atoms with Gasteiger partial charge in [-0.1, -0.05) is 6.07 Å². The lowest BCUT2D eigenvalue weighted by Crippen LogP contribution is -2.28. The smallest absolute Gasteiger partial charge is 0.165 e. The predicted molar refractivity (Wildman–Crippen MR) is 49.4 cm³/mol. The molecule has 64 valence electrons. The number of rotatable bonds is 0. The van der Waals surface area contributed by atoms with Crippen molar-refractivity contribution in [3.05, 3.63) is 18.2 Å². The summed E-state index contributed by atoms with van der Waals surface area (Å²) >= 11 is 0. The topological polar surface area (TPSA) is 47.3 Å². The Bertz CT molecular complexity index is 299. The van der Waals surface area contributed by atoms with Crippen LogP contribution in [0.15, 0.2) is 18.2 Å². The van der Waals surface area contributed by atoms with Crippen molar-refractivity contribution >= 4 is 11.4 Å². The first-order valence-corrected chi connectivity index (χ1v) is 4.06. The molecular weight excluding hydrogens is 152 g/mol. The minimum atomic E-state index is 0.196. The normalized spacial score (nSPS) is 20.6. The second kappa shape index (κ2) is 2.59. The van der Waals surface area contributed by atoms with Crippen LogP contribution in [0, 0.1) is 0 Å². The lowest BCUT2D eigenvalue weighted by atomic mass is 10.2. The van der Waals surface area contributed by atoms with Gasteiger partial charge in [0.1, 0.15) is 6.10 Å². The largest absolute Gasteiger partial charge is 0.485 e. The van der Waals surface area contributed by atoms with Gasteiger partial charge in [0.2, 0.25) is 0 Å². The summed E-state index contributed by atoms with van der Waals surface area (Å²) in [4.78, 5) is 0. The Balaban J connectivity index is 2.43. The molecule has 3 nitrogen and oxygen atoms in total. The predicted octanol–water partition coefficient (Wildman–Crippen LogP) is 1.46. The molecule has 0 bridgehead atoms. The van der Waals surface area contributed by atoms with Gasteiger partial charge < -0.3 is 15.8 Å². The Labute approximate surface area is 71.5 Å². The molecule has 0 spiro atoms. The molecule has 1 aliphatic heterocycles. The highest BCUT2D eigenvalue weighted by Gasteiger charge is 2.16. The quantitative estimate of drug-likeness (QED) is 0.571. The molecule has 1 aromatic carbocycles. The molecule has 0 saturated carbocycles. The van der Waals surface area contributed by atoms with Crippen LogP contribution < -0.4 is 15.8 Å². The van der Waals surface area contributed by atoms with Crippen molar-refractivity contribution < 1.29 is 4.74 Å². The van der Waals surface area contributed by atoms with Crippen LogP contribution in [-0.2, 0) is 0 Å². The molecule has 0 saturated heterocycles. The Morgan fingerprint density at radius 2 is 2.42 bits per heavy atom. The maximum atomic E-state index is 5.74. The van der Waals surface area contributed by atoms with Crippen molar-refractivity contribution in [1.82, 2.24) is 0 Å². The van der Waals surface area contributed by atoms with E-state index < -0.39 is 0 Å². The number of hydrogen-bond acceptors (Lipinski definition) is 3. The molecule has 3 heteroatoms. The van der Waals surface area contributed by atoms with Crippen molar-refractivity contribution in [3.63, 3.8) is 0 Å². The van der Waals surface area contributed by atoms with E-state index in [4.69, 9.17) is 10.5 Å². The molecule has 3 N–H and O–H groups in total. The highest BCUT2D eigenvalue weighted by Crippen LogP contribution is 2.34. The lowest BCUT2D eigenvalue weighted by molar-refractivity contribution is 0.227. The third kappa shape index (κ3) is 1.07. The van der Waals surface area contributed by atoms with Gasteiger partial charge in [0.05, 0.1) is 17.9 Å². The standard InChI is InChI=1S/C9H12N2O/c1-6-5-11-8-4-2-3-7(10)9(8)12-6/h2-4,6,11H,5,10H2,1H3/t6-/m1/s1. The van der Waals surface area contributed by atoms with Crippen molar-refractivity contribution in [1.29, 1.82) is 0 Å². The average molecular weight is 164 g/mol. The van der Waals surface area contributed by atoms with Gasteiger partial charge in [-0.2, -0.15) is 0 Å². The van der Waals surface area contributed by atoms with Gasteiger partial charge in [-0.3, -0.25) is 0 Å². The molecule has 1 heterocycles. The zero-order valence-corrected chi connectivity index (χ0v) is 7.00. The molecule has 1 atom stereocenters. The minimum Gasteiger partial charge on any atom is -0.485 e. The van der Waals surface area contributed by atoms with Crippen LogP contribution >= 0.6 is 0 Å². The van der Waals surface area contributed by atoms with E-state index in [0.717, 1.165) is 18.0 Å². The number of nitrogen functional groups attached to an aromatic ring is 1. The van der Waals surface area contributed by atoms with Gasteiger partial charge in [-0.05, 0) is 19.1 Å².